The number of nitriles is 1. The Balaban J connectivity index is 3.41. The van der Waals surface area contributed by atoms with Crippen LogP contribution in [-0.2, 0) is 12.7 Å². The zero-order valence-corrected chi connectivity index (χ0v) is 8.02. The lowest BCUT2D eigenvalue weighted by molar-refractivity contribution is -0.138. The number of hydrogen-bond acceptors (Lipinski definition) is 2. The minimum atomic E-state index is -4.43. The highest BCUT2D eigenvalue weighted by molar-refractivity contribution is 5.45. The van der Waals surface area contributed by atoms with E-state index in [1.165, 1.54) is 13.0 Å². The molecule has 2 N–H and O–H groups in total. The molecule has 0 spiro atoms. The van der Waals surface area contributed by atoms with Gasteiger partial charge < -0.3 is 5.73 Å². The van der Waals surface area contributed by atoms with Gasteiger partial charge in [0.25, 0.3) is 0 Å². The topological polar surface area (TPSA) is 49.8 Å². The van der Waals surface area contributed by atoms with Crippen LogP contribution in [0.15, 0.2) is 12.1 Å². The largest absolute Gasteiger partial charge is 0.416 e. The Hall–Kier alpha value is -1.54. The third-order valence-electron chi connectivity index (χ3n) is 2.10. The molecule has 1 rings (SSSR count). The molecule has 1 aromatic rings. The second-order valence-electron chi connectivity index (χ2n) is 3.14. The van der Waals surface area contributed by atoms with Crippen LogP contribution in [-0.4, -0.2) is 0 Å². The van der Waals surface area contributed by atoms with Gasteiger partial charge in [-0.25, -0.2) is 0 Å². The van der Waals surface area contributed by atoms with Crippen molar-refractivity contribution in [2.24, 2.45) is 5.73 Å². The number of hydrogen-bond donors (Lipinski definition) is 1. The Kier molecular flexibility index (Phi) is 3.01. The number of nitrogens with zero attached hydrogens (tertiary/aromatic N) is 1. The van der Waals surface area contributed by atoms with Gasteiger partial charge in [0.2, 0.25) is 0 Å². The summed E-state index contributed by atoms with van der Waals surface area (Å²) in [7, 11) is 0. The van der Waals surface area contributed by atoms with Crippen LogP contribution >= 0.6 is 0 Å². The summed E-state index contributed by atoms with van der Waals surface area (Å²) < 4.78 is 37.4. The number of aryl methyl sites for hydroxylation is 1. The second kappa shape index (κ2) is 3.91. The van der Waals surface area contributed by atoms with Gasteiger partial charge in [-0.05, 0) is 24.1 Å². The van der Waals surface area contributed by atoms with Gasteiger partial charge in [-0.3, -0.25) is 0 Å². The third kappa shape index (κ3) is 2.28. The number of benzene rings is 1. The summed E-state index contributed by atoms with van der Waals surface area (Å²) >= 11 is 0. The van der Waals surface area contributed by atoms with Gasteiger partial charge in [0.1, 0.15) is 0 Å². The minimum absolute atomic E-state index is 0.0181. The normalized spacial score (nSPS) is 11.2. The molecule has 0 aromatic heterocycles. The first-order valence-electron chi connectivity index (χ1n) is 4.21. The summed E-state index contributed by atoms with van der Waals surface area (Å²) in [5.74, 6) is 0. The maximum Gasteiger partial charge on any atom is 0.416 e. The maximum atomic E-state index is 12.5. The van der Waals surface area contributed by atoms with Crippen LogP contribution in [0.3, 0.4) is 0 Å². The fourth-order valence-corrected chi connectivity index (χ4v) is 1.35. The van der Waals surface area contributed by atoms with E-state index in [0.29, 0.717) is 5.56 Å². The molecule has 0 saturated heterocycles. The highest BCUT2D eigenvalue weighted by atomic mass is 19.4. The molecule has 0 aliphatic rings. The zero-order valence-electron chi connectivity index (χ0n) is 8.02. The minimum Gasteiger partial charge on any atom is -0.326 e. The summed E-state index contributed by atoms with van der Waals surface area (Å²) in [5.41, 5.74) is 5.04. The van der Waals surface area contributed by atoms with Crippen molar-refractivity contribution >= 4 is 0 Å². The predicted octanol–water partition coefficient (Wildman–Crippen LogP) is 2.34. The standard InChI is InChI=1S/C10H9F3N2/c1-6-2-7(4-14)8(5-15)3-9(6)10(11,12)13/h2-3H,4,14H2,1H3. The molecule has 0 radical (unpaired) electrons. The Morgan fingerprint density at radius 3 is 2.40 bits per heavy atom. The average Bonchev–Trinajstić information content (AvgIpc) is 2.15. The lowest BCUT2D eigenvalue weighted by Crippen LogP contribution is -2.10. The van der Waals surface area contributed by atoms with Crippen molar-refractivity contribution in [1.82, 2.24) is 0 Å². The molecule has 80 valence electrons. The van der Waals surface area contributed by atoms with Crippen molar-refractivity contribution in [2.45, 2.75) is 19.6 Å². The van der Waals surface area contributed by atoms with E-state index in [1.54, 1.807) is 6.07 Å². The van der Waals surface area contributed by atoms with Crippen LogP contribution < -0.4 is 5.73 Å². The molecule has 0 aliphatic heterocycles. The Labute approximate surface area is 85.1 Å². The van der Waals surface area contributed by atoms with Crippen molar-refractivity contribution in [2.75, 3.05) is 0 Å². The van der Waals surface area contributed by atoms with E-state index in [4.69, 9.17) is 11.0 Å². The van der Waals surface area contributed by atoms with Gasteiger partial charge in [-0.2, -0.15) is 18.4 Å². The fourth-order valence-electron chi connectivity index (χ4n) is 1.35. The number of halogens is 3. The lowest BCUT2D eigenvalue weighted by Gasteiger charge is -2.12. The van der Waals surface area contributed by atoms with E-state index in [0.717, 1.165) is 6.07 Å². The monoisotopic (exact) mass is 214 g/mol. The van der Waals surface area contributed by atoms with E-state index in [-0.39, 0.29) is 17.7 Å². The van der Waals surface area contributed by atoms with Crippen LogP contribution in [0.4, 0.5) is 13.2 Å². The van der Waals surface area contributed by atoms with E-state index in [9.17, 15) is 13.2 Å². The second-order valence-corrected chi connectivity index (χ2v) is 3.14. The van der Waals surface area contributed by atoms with Crippen molar-refractivity contribution in [3.05, 3.63) is 34.4 Å². The summed E-state index contributed by atoms with van der Waals surface area (Å²) in [5, 5.41) is 8.66. The third-order valence-corrected chi connectivity index (χ3v) is 2.10. The van der Waals surface area contributed by atoms with Crippen molar-refractivity contribution in [3.8, 4) is 6.07 Å². The average molecular weight is 214 g/mol. The highest BCUT2D eigenvalue weighted by Gasteiger charge is 2.33. The van der Waals surface area contributed by atoms with Gasteiger partial charge in [0.05, 0.1) is 17.2 Å². The Morgan fingerprint density at radius 1 is 1.40 bits per heavy atom. The van der Waals surface area contributed by atoms with Gasteiger partial charge >= 0.3 is 6.18 Å². The molecule has 1 aromatic carbocycles. The lowest BCUT2D eigenvalue weighted by atomic mass is 9.99. The van der Waals surface area contributed by atoms with Crippen LogP contribution in [0.5, 0.6) is 0 Å². The van der Waals surface area contributed by atoms with Gasteiger partial charge in [-0.1, -0.05) is 6.07 Å². The molecule has 0 fully saturated rings. The summed E-state index contributed by atoms with van der Waals surface area (Å²) in [6.45, 7) is 1.41. The molecule has 2 nitrogen and oxygen atoms in total. The Bertz CT molecular complexity index is 416. The first-order valence-corrected chi connectivity index (χ1v) is 4.21. The maximum absolute atomic E-state index is 12.5. The van der Waals surface area contributed by atoms with Crippen LogP contribution in [0.1, 0.15) is 22.3 Å². The predicted molar refractivity (Wildman–Crippen MR) is 48.8 cm³/mol. The van der Waals surface area contributed by atoms with E-state index < -0.39 is 11.7 Å². The number of nitrogens with two attached hydrogens (primary N) is 1. The fraction of sp³-hybridized carbons (Fsp3) is 0.300. The Morgan fingerprint density at radius 2 is 2.00 bits per heavy atom. The quantitative estimate of drug-likeness (QED) is 0.780. The highest BCUT2D eigenvalue weighted by Crippen LogP contribution is 2.33. The van der Waals surface area contributed by atoms with Crippen molar-refractivity contribution < 1.29 is 13.2 Å². The van der Waals surface area contributed by atoms with Gasteiger partial charge in [0.15, 0.2) is 0 Å². The smallest absolute Gasteiger partial charge is 0.326 e. The zero-order chi connectivity index (χ0) is 11.6. The molecule has 0 amide bonds. The van der Waals surface area contributed by atoms with Crippen LogP contribution in [0.25, 0.3) is 0 Å². The van der Waals surface area contributed by atoms with Gasteiger partial charge in [0, 0.05) is 6.54 Å². The summed E-state index contributed by atoms with van der Waals surface area (Å²) in [6.07, 6.45) is -4.43. The van der Waals surface area contributed by atoms with Crippen LogP contribution in [0, 0.1) is 18.3 Å². The van der Waals surface area contributed by atoms with Gasteiger partial charge in [-0.15, -0.1) is 0 Å². The number of alkyl halides is 3. The molecule has 0 heterocycles. The van der Waals surface area contributed by atoms with E-state index in [1.807, 2.05) is 0 Å². The molecule has 5 heteroatoms. The summed E-state index contributed by atoms with van der Waals surface area (Å²) in [4.78, 5) is 0. The van der Waals surface area contributed by atoms with Crippen LogP contribution in [0.2, 0.25) is 0 Å². The molecule has 0 atom stereocenters. The molecule has 0 saturated carbocycles. The first-order chi connectivity index (χ1) is 6.90. The molecular formula is C10H9F3N2. The molecular weight excluding hydrogens is 205 g/mol. The number of rotatable bonds is 1. The SMILES string of the molecule is Cc1cc(CN)c(C#N)cc1C(F)(F)F. The summed E-state index contributed by atoms with van der Waals surface area (Å²) in [6, 6.07) is 3.86. The molecule has 0 aliphatic carbocycles. The molecule has 15 heavy (non-hydrogen) atoms. The van der Waals surface area contributed by atoms with E-state index in [2.05, 4.69) is 0 Å². The molecule has 0 bridgehead atoms. The first kappa shape index (κ1) is 11.5. The van der Waals surface area contributed by atoms with Crippen molar-refractivity contribution in [3.63, 3.8) is 0 Å². The molecule has 0 unspecified atom stereocenters. The van der Waals surface area contributed by atoms with E-state index >= 15 is 0 Å². The van der Waals surface area contributed by atoms with Crippen molar-refractivity contribution in [1.29, 1.82) is 5.26 Å².